The van der Waals surface area contributed by atoms with E-state index in [2.05, 4.69) is 14.7 Å². The van der Waals surface area contributed by atoms with Crippen LogP contribution in [0.2, 0.25) is 0 Å². The summed E-state index contributed by atoms with van der Waals surface area (Å²) in [6, 6.07) is 6.94. The summed E-state index contributed by atoms with van der Waals surface area (Å²) in [5, 5.41) is 0. The zero-order valence-corrected chi connectivity index (χ0v) is 15.0. The summed E-state index contributed by atoms with van der Waals surface area (Å²) in [5.74, 6) is -13.9. The van der Waals surface area contributed by atoms with Gasteiger partial charge < -0.3 is 4.74 Å². The summed E-state index contributed by atoms with van der Waals surface area (Å²) >= 11 is 0. The van der Waals surface area contributed by atoms with Crippen LogP contribution in [0.3, 0.4) is 0 Å². The van der Waals surface area contributed by atoms with E-state index in [0.29, 0.717) is 17.0 Å². The monoisotopic (exact) mass is 408 g/mol. The van der Waals surface area contributed by atoms with Crippen LogP contribution >= 0.6 is 0 Å². The predicted octanol–water partition coefficient (Wildman–Crippen LogP) is 4.69. The molecule has 2 aromatic heterocycles. The van der Waals surface area contributed by atoms with E-state index in [1.54, 1.807) is 18.3 Å². The molecule has 0 spiro atoms. The summed E-state index contributed by atoms with van der Waals surface area (Å²) in [5.41, 5.74) is 2.80. The first-order valence-corrected chi connectivity index (χ1v) is 8.38. The fourth-order valence-electron chi connectivity index (χ4n) is 2.53. The number of esters is 1. The Balaban J connectivity index is 1.72. The molecule has 0 bridgehead atoms. The molecular formula is C20H13F5N2O2. The highest BCUT2D eigenvalue weighted by Gasteiger charge is 2.28. The Bertz CT molecular complexity index is 1060. The Morgan fingerprint density at radius 1 is 0.862 bits per heavy atom. The van der Waals surface area contributed by atoms with Crippen LogP contribution in [0, 0.1) is 36.0 Å². The number of carbonyl (C=O) groups excluding carboxylic acids is 1. The highest BCUT2D eigenvalue weighted by molar-refractivity contribution is 5.73. The first kappa shape index (κ1) is 20.4. The fraction of sp³-hybridized carbons (Fsp3) is 0.150. The first-order valence-electron chi connectivity index (χ1n) is 8.38. The van der Waals surface area contributed by atoms with Crippen LogP contribution < -0.4 is 4.74 Å². The van der Waals surface area contributed by atoms with E-state index in [1.807, 2.05) is 19.1 Å². The highest BCUT2D eigenvalue weighted by atomic mass is 19.2. The molecule has 3 aromatic rings. The summed E-state index contributed by atoms with van der Waals surface area (Å²) in [7, 11) is 0. The van der Waals surface area contributed by atoms with Crippen LogP contribution in [-0.2, 0) is 11.2 Å². The van der Waals surface area contributed by atoms with E-state index < -0.39 is 40.8 Å². The summed E-state index contributed by atoms with van der Waals surface area (Å²) in [6.07, 6.45) is 2.87. The maximum Gasteiger partial charge on any atom is 0.311 e. The number of hydrogen-bond acceptors (Lipinski definition) is 4. The minimum absolute atomic E-state index is 0.0928. The SMILES string of the molecule is Cc1ccnc(-c2cc(CCC(=O)Oc3c(F)c(F)c(F)c(F)c3F)ccn2)c1. The molecule has 0 aliphatic carbocycles. The molecule has 150 valence electrons. The molecule has 0 saturated heterocycles. The normalized spacial score (nSPS) is 10.8. The second kappa shape index (κ2) is 8.34. The summed E-state index contributed by atoms with van der Waals surface area (Å²) in [6.45, 7) is 1.89. The second-order valence-corrected chi connectivity index (χ2v) is 6.14. The average molecular weight is 408 g/mol. The smallest absolute Gasteiger partial charge is 0.311 e. The van der Waals surface area contributed by atoms with Gasteiger partial charge >= 0.3 is 5.97 Å². The summed E-state index contributed by atoms with van der Waals surface area (Å²) < 4.78 is 70.9. The summed E-state index contributed by atoms with van der Waals surface area (Å²) in [4.78, 5) is 20.3. The Morgan fingerprint density at radius 3 is 2.03 bits per heavy atom. The molecule has 0 fully saturated rings. The first-order chi connectivity index (χ1) is 13.8. The molecule has 0 amide bonds. The lowest BCUT2D eigenvalue weighted by Gasteiger charge is -2.09. The van der Waals surface area contributed by atoms with Crippen LogP contribution in [0.15, 0.2) is 36.7 Å². The maximum absolute atomic E-state index is 13.6. The van der Waals surface area contributed by atoms with Crippen LogP contribution in [0.25, 0.3) is 11.4 Å². The number of ether oxygens (including phenoxy) is 1. The van der Waals surface area contributed by atoms with E-state index in [1.165, 1.54) is 6.20 Å². The Kier molecular flexibility index (Phi) is 5.86. The third kappa shape index (κ3) is 4.39. The van der Waals surface area contributed by atoms with E-state index in [9.17, 15) is 26.7 Å². The molecule has 0 aliphatic heterocycles. The van der Waals surface area contributed by atoms with Gasteiger partial charge in [-0.2, -0.15) is 8.78 Å². The maximum atomic E-state index is 13.6. The van der Waals surface area contributed by atoms with Crippen molar-refractivity contribution in [2.45, 2.75) is 19.8 Å². The fourth-order valence-corrected chi connectivity index (χ4v) is 2.53. The zero-order valence-electron chi connectivity index (χ0n) is 15.0. The van der Waals surface area contributed by atoms with Gasteiger partial charge in [-0.15, -0.1) is 0 Å². The highest BCUT2D eigenvalue weighted by Crippen LogP contribution is 2.29. The van der Waals surface area contributed by atoms with Gasteiger partial charge in [-0.1, -0.05) is 0 Å². The minimum atomic E-state index is -2.33. The minimum Gasteiger partial charge on any atom is -0.420 e. The van der Waals surface area contributed by atoms with Gasteiger partial charge in [0.2, 0.25) is 34.8 Å². The quantitative estimate of drug-likeness (QED) is 0.202. The van der Waals surface area contributed by atoms with Gasteiger partial charge in [0, 0.05) is 18.8 Å². The van der Waals surface area contributed by atoms with Crippen molar-refractivity contribution < 1.29 is 31.5 Å². The molecule has 0 aliphatic rings. The Hall–Kier alpha value is -3.36. The Labute approximate surface area is 162 Å². The Morgan fingerprint density at radius 2 is 1.41 bits per heavy atom. The molecule has 9 heteroatoms. The number of hydrogen-bond donors (Lipinski definition) is 0. The number of pyridine rings is 2. The molecule has 4 nitrogen and oxygen atoms in total. The molecule has 0 N–H and O–H groups in total. The largest absolute Gasteiger partial charge is 0.420 e. The van der Waals surface area contributed by atoms with Crippen LogP contribution in [-0.4, -0.2) is 15.9 Å². The van der Waals surface area contributed by atoms with Crippen molar-refractivity contribution in [3.63, 3.8) is 0 Å². The molecule has 0 unspecified atom stereocenters. The van der Waals surface area contributed by atoms with E-state index in [0.717, 1.165) is 5.56 Å². The third-order valence-electron chi connectivity index (χ3n) is 4.01. The molecule has 29 heavy (non-hydrogen) atoms. The molecule has 0 radical (unpaired) electrons. The number of nitrogens with zero attached hydrogens (tertiary/aromatic N) is 2. The number of benzene rings is 1. The molecular weight excluding hydrogens is 395 g/mol. The van der Waals surface area contributed by atoms with Crippen molar-refractivity contribution >= 4 is 5.97 Å². The zero-order chi connectivity index (χ0) is 21.1. The number of halogens is 5. The van der Waals surface area contributed by atoms with Gasteiger partial charge in [-0.05, 0) is 48.7 Å². The number of rotatable bonds is 5. The van der Waals surface area contributed by atoms with Gasteiger partial charge in [0.1, 0.15) is 0 Å². The van der Waals surface area contributed by atoms with Gasteiger partial charge in [0.25, 0.3) is 0 Å². The molecule has 3 rings (SSSR count). The standard InChI is InChI=1S/C20H13F5N2O2/c1-10-4-6-26-12(8-10)13-9-11(5-7-27-13)2-3-14(28)29-20-18(24)16(22)15(21)17(23)19(20)25/h4-9H,2-3H2,1H3. The molecule has 0 atom stereocenters. The number of carbonyl (C=O) groups is 1. The van der Waals surface area contributed by atoms with Gasteiger partial charge in [0.15, 0.2) is 0 Å². The lowest BCUT2D eigenvalue weighted by atomic mass is 10.1. The van der Waals surface area contributed by atoms with Crippen LogP contribution in [0.5, 0.6) is 5.75 Å². The molecule has 0 saturated carbocycles. The predicted molar refractivity (Wildman–Crippen MR) is 92.4 cm³/mol. The van der Waals surface area contributed by atoms with E-state index in [-0.39, 0.29) is 12.8 Å². The van der Waals surface area contributed by atoms with E-state index >= 15 is 0 Å². The molecule has 2 heterocycles. The van der Waals surface area contributed by atoms with Crippen molar-refractivity contribution in [1.82, 2.24) is 9.97 Å². The van der Waals surface area contributed by atoms with Crippen LogP contribution in [0.1, 0.15) is 17.5 Å². The average Bonchev–Trinajstić information content (AvgIpc) is 2.72. The third-order valence-corrected chi connectivity index (χ3v) is 4.01. The van der Waals surface area contributed by atoms with E-state index in [4.69, 9.17) is 0 Å². The van der Waals surface area contributed by atoms with Crippen molar-refractivity contribution in [3.05, 3.63) is 76.9 Å². The van der Waals surface area contributed by atoms with Crippen molar-refractivity contribution in [3.8, 4) is 17.1 Å². The molecule has 1 aromatic carbocycles. The lowest BCUT2D eigenvalue weighted by molar-refractivity contribution is -0.134. The topological polar surface area (TPSA) is 52.1 Å². The number of aryl methyl sites for hydroxylation is 2. The van der Waals surface area contributed by atoms with Crippen molar-refractivity contribution in [1.29, 1.82) is 0 Å². The van der Waals surface area contributed by atoms with Crippen molar-refractivity contribution in [2.24, 2.45) is 0 Å². The lowest BCUT2D eigenvalue weighted by Crippen LogP contribution is -2.14. The number of aromatic nitrogens is 2. The van der Waals surface area contributed by atoms with Gasteiger partial charge in [0.05, 0.1) is 11.4 Å². The second-order valence-electron chi connectivity index (χ2n) is 6.14. The van der Waals surface area contributed by atoms with Gasteiger partial charge in [-0.3, -0.25) is 14.8 Å². The van der Waals surface area contributed by atoms with Gasteiger partial charge in [-0.25, -0.2) is 13.2 Å². The van der Waals surface area contributed by atoms with Crippen molar-refractivity contribution in [2.75, 3.05) is 0 Å². The van der Waals surface area contributed by atoms with Crippen LogP contribution in [0.4, 0.5) is 22.0 Å².